The fourth-order valence-electron chi connectivity index (χ4n) is 1.45. The Balaban J connectivity index is 2.61. The zero-order valence-corrected chi connectivity index (χ0v) is 9.19. The SMILES string of the molecule is CC(C)n1nnc2cc(C(=O)Cl)ccc21. The molecule has 2 rings (SSSR count). The Morgan fingerprint density at radius 2 is 2.20 bits per heavy atom. The molecule has 0 aliphatic heterocycles. The molecular weight excluding hydrogens is 214 g/mol. The summed E-state index contributed by atoms with van der Waals surface area (Å²) >= 11 is 5.38. The third-order valence-corrected chi connectivity index (χ3v) is 2.41. The van der Waals surface area contributed by atoms with Gasteiger partial charge in [0, 0.05) is 11.6 Å². The van der Waals surface area contributed by atoms with Gasteiger partial charge in [0.05, 0.1) is 5.52 Å². The van der Waals surface area contributed by atoms with E-state index in [-0.39, 0.29) is 6.04 Å². The molecule has 0 amide bonds. The van der Waals surface area contributed by atoms with Gasteiger partial charge in [0.15, 0.2) is 0 Å². The van der Waals surface area contributed by atoms with E-state index >= 15 is 0 Å². The van der Waals surface area contributed by atoms with Gasteiger partial charge in [-0.15, -0.1) is 5.10 Å². The summed E-state index contributed by atoms with van der Waals surface area (Å²) in [6, 6.07) is 5.38. The van der Waals surface area contributed by atoms with Crippen molar-refractivity contribution in [3.05, 3.63) is 23.8 Å². The van der Waals surface area contributed by atoms with Gasteiger partial charge in [-0.3, -0.25) is 4.79 Å². The molecule has 1 aromatic carbocycles. The number of aromatic nitrogens is 3. The van der Waals surface area contributed by atoms with Crippen LogP contribution in [0, 0.1) is 0 Å². The molecule has 1 aromatic heterocycles. The van der Waals surface area contributed by atoms with Crippen molar-refractivity contribution in [2.75, 3.05) is 0 Å². The first kappa shape index (κ1) is 10.1. The molecule has 0 unspecified atom stereocenters. The number of carbonyl (C=O) groups is 1. The van der Waals surface area contributed by atoms with Gasteiger partial charge in [0.1, 0.15) is 5.52 Å². The molecule has 0 saturated carbocycles. The van der Waals surface area contributed by atoms with E-state index in [1.54, 1.807) is 16.8 Å². The molecule has 15 heavy (non-hydrogen) atoms. The van der Waals surface area contributed by atoms with Crippen LogP contribution in [-0.4, -0.2) is 20.2 Å². The van der Waals surface area contributed by atoms with Gasteiger partial charge in [0.2, 0.25) is 0 Å². The molecule has 5 heteroatoms. The maximum Gasteiger partial charge on any atom is 0.252 e. The van der Waals surface area contributed by atoms with Crippen molar-refractivity contribution in [1.29, 1.82) is 0 Å². The second kappa shape index (κ2) is 3.62. The first-order valence-corrected chi connectivity index (χ1v) is 5.02. The van der Waals surface area contributed by atoms with Crippen LogP contribution in [0.3, 0.4) is 0 Å². The highest BCUT2D eigenvalue weighted by Crippen LogP contribution is 2.17. The van der Waals surface area contributed by atoms with Crippen molar-refractivity contribution in [2.24, 2.45) is 0 Å². The Labute approximate surface area is 91.8 Å². The average molecular weight is 224 g/mol. The van der Waals surface area contributed by atoms with E-state index in [1.165, 1.54) is 0 Å². The van der Waals surface area contributed by atoms with Gasteiger partial charge >= 0.3 is 0 Å². The molecule has 0 spiro atoms. The Morgan fingerprint density at radius 1 is 1.47 bits per heavy atom. The number of carbonyl (C=O) groups excluding carboxylic acids is 1. The maximum atomic E-state index is 10.9. The van der Waals surface area contributed by atoms with Crippen molar-refractivity contribution in [1.82, 2.24) is 15.0 Å². The molecule has 4 nitrogen and oxygen atoms in total. The average Bonchev–Trinajstić information content (AvgIpc) is 2.59. The summed E-state index contributed by atoms with van der Waals surface area (Å²) in [6.45, 7) is 4.05. The van der Waals surface area contributed by atoms with Gasteiger partial charge in [-0.25, -0.2) is 4.68 Å². The predicted octanol–water partition coefficient (Wildman–Crippen LogP) is 2.39. The predicted molar refractivity (Wildman–Crippen MR) is 58.1 cm³/mol. The molecule has 0 bridgehead atoms. The quantitative estimate of drug-likeness (QED) is 0.735. The minimum absolute atomic E-state index is 0.243. The van der Waals surface area contributed by atoms with E-state index in [4.69, 9.17) is 11.6 Å². The van der Waals surface area contributed by atoms with Crippen molar-refractivity contribution in [2.45, 2.75) is 19.9 Å². The summed E-state index contributed by atoms with van der Waals surface area (Å²) in [6.07, 6.45) is 0. The highest BCUT2D eigenvalue weighted by molar-refractivity contribution is 6.67. The Morgan fingerprint density at radius 3 is 2.80 bits per heavy atom. The smallest absolute Gasteiger partial charge is 0.252 e. The third kappa shape index (κ3) is 1.72. The second-order valence-electron chi connectivity index (χ2n) is 3.60. The van der Waals surface area contributed by atoms with Crippen LogP contribution >= 0.6 is 11.6 Å². The van der Waals surface area contributed by atoms with Gasteiger partial charge < -0.3 is 0 Å². The lowest BCUT2D eigenvalue weighted by atomic mass is 10.2. The molecule has 0 atom stereocenters. The number of rotatable bonds is 2. The van der Waals surface area contributed by atoms with E-state index in [1.807, 2.05) is 19.9 Å². The molecule has 78 valence electrons. The minimum Gasteiger partial charge on any atom is -0.276 e. The fraction of sp³-hybridized carbons (Fsp3) is 0.300. The summed E-state index contributed by atoms with van der Waals surface area (Å²) in [5, 5.41) is 7.52. The fourth-order valence-corrected chi connectivity index (χ4v) is 1.56. The molecule has 0 aliphatic carbocycles. The van der Waals surface area contributed by atoms with E-state index in [2.05, 4.69) is 10.3 Å². The van der Waals surface area contributed by atoms with E-state index in [9.17, 15) is 4.79 Å². The normalized spacial score (nSPS) is 11.2. The van der Waals surface area contributed by atoms with E-state index in [0.717, 1.165) is 5.52 Å². The Kier molecular flexibility index (Phi) is 2.44. The summed E-state index contributed by atoms with van der Waals surface area (Å²) in [4.78, 5) is 10.9. The van der Waals surface area contributed by atoms with Crippen molar-refractivity contribution in [3.63, 3.8) is 0 Å². The highest BCUT2D eigenvalue weighted by Gasteiger charge is 2.09. The molecule has 0 radical (unpaired) electrons. The molecule has 0 saturated heterocycles. The molecule has 0 aliphatic rings. The van der Waals surface area contributed by atoms with Crippen LogP contribution in [0.25, 0.3) is 11.0 Å². The largest absolute Gasteiger partial charge is 0.276 e. The number of nitrogens with zero attached hydrogens (tertiary/aromatic N) is 3. The Hall–Kier alpha value is -1.42. The molecule has 2 aromatic rings. The maximum absolute atomic E-state index is 10.9. The van der Waals surface area contributed by atoms with Crippen LogP contribution in [0.5, 0.6) is 0 Å². The van der Waals surface area contributed by atoms with Crippen LogP contribution in [0.4, 0.5) is 0 Å². The number of halogens is 1. The first-order valence-electron chi connectivity index (χ1n) is 4.64. The number of benzene rings is 1. The van der Waals surface area contributed by atoms with Gasteiger partial charge in [-0.1, -0.05) is 5.21 Å². The van der Waals surface area contributed by atoms with Crippen LogP contribution in [0.2, 0.25) is 0 Å². The number of hydrogen-bond donors (Lipinski definition) is 0. The van der Waals surface area contributed by atoms with Crippen LogP contribution < -0.4 is 0 Å². The van der Waals surface area contributed by atoms with E-state index in [0.29, 0.717) is 11.1 Å². The van der Waals surface area contributed by atoms with Gasteiger partial charge in [0.25, 0.3) is 5.24 Å². The molecule has 1 heterocycles. The van der Waals surface area contributed by atoms with Crippen LogP contribution in [0.1, 0.15) is 30.2 Å². The molecule has 0 N–H and O–H groups in total. The van der Waals surface area contributed by atoms with Gasteiger partial charge in [-0.2, -0.15) is 0 Å². The standard InChI is InChI=1S/C10H10ClN3O/c1-6(2)14-9-4-3-7(10(11)15)5-8(9)12-13-14/h3-6H,1-2H3. The van der Waals surface area contributed by atoms with Crippen molar-refractivity contribution >= 4 is 27.9 Å². The van der Waals surface area contributed by atoms with Crippen molar-refractivity contribution < 1.29 is 4.79 Å². The van der Waals surface area contributed by atoms with Crippen LogP contribution in [-0.2, 0) is 0 Å². The monoisotopic (exact) mass is 223 g/mol. The lowest BCUT2D eigenvalue weighted by Gasteiger charge is -2.04. The third-order valence-electron chi connectivity index (χ3n) is 2.19. The first-order chi connectivity index (χ1) is 7.09. The summed E-state index contributed by atoms with van der Waals surface area (Å²) in [5.41, 5.74) is 2.04. The lowest BCUT2D eigenvalue weighted by Crippen LogP contribution is -2.02. The van der Waals surface area contributed by atoms with Gasteiger partial charge in [-0.05, 0) is 43.6 Å². The lowest BCUT2D eigenvalue weighted by molar-refractivity contribution is 0.108. The molecule has 0 fully saturated rings. The number of fused-ring (bicyclic) bond motifs is 1. The van der Waals surface area contributed by atoms with Crippen LogP contribution in [0.15, 0.2) is 18.2 Å². The highest BCUT2D eigenvalue weighted by atomic mass is 35.5. The second-order valence-corrected chi connectivity index (χ2v) is 3.95. The zero-order valence-electron chi connectivity index (χ0n) is 8.44. The summed E-state index contributed by atoms with van der Waals surface area (Å²) < 4.78 is 1.80. The topological polar surface area (TPSA) is 47.8 Å². The van der Waals surface area contributed by atoms with Crippen molar-refractivity contribution in [3.8, 4) is 0 Å². The minimum atomic E-state index is -0.476. The Bertz CT molecular complexity index is 518. The zero-order chi connectivity index (χ0) is 11.0. The summed E-state index contributed by atoms with van der Waals surface area (Å²) in [7, 11) is 0. The van der Waals surface area contributed by atoms with E-state index < -0.39 is 5.24 Å². The number of hydrogen-bond acceptors (Lipinski definition) is 3. The molecular formula is C10H10ClN3O. The summed E-state index contributed by atoms with van der Waals surface area (Å²) in [5.74, 6) is 0.